The number of esters is 1. The van der Waals surface area contributed by atoms with Gasteiger partial charge in [0.05, 0.1) is 5.69 Å². The lowest BCUT2D eigenvalue weighted by Gasteiger charge is -2.19. The summed E-state index contributed by atoms with van der Waals surface area (Å²) in [6.45, 7) is 4.96. The molecule has 3 rings (SSSR count). The van der Waals surface area contributed by atoms with Gasteiger partial charge in [-0.3, -0.25) is 5.32 Å². The second-order valence-electron chi connectivity index (χ2n) is 7.52. The minimum absolute atomic E-state index is 0.375. The Balaban J connectivity index is 1.66. The number of carbonyl (C=O) groups excluding carboxylic acids is 2. The normalized spacial score (nSPS) is 15.6. The molecule has 5 nitrogen and oxygen atoms in total. The van der Waals surface area contributed by atoms with Crippen LogP contribution < -0.4 is 5.32 Å². The van der Waals surface area contributed by atoms with Crippen molar-refractivity contribution < 1.29 is 19.1 Å². The summed E-state index contributed by atoms with van der Waals surface area (Å²) in [5.74, 6) is -0.541. The SMILES string of the molecule is CC(C)(C)OC(=O)COC(=O)Nc1c2c(cc3c1CCC3)CCC2. The minimum atomic E-state index is -0.588. The molecule has 1 N–H and O–H groups in total. The zero-order chi connectivity index (χ0) is 17.3. The van der Waals surface area contributed by atoms with E-state index in [9.17, 15) is 9.59 Å². The summed E-state index contributed by atoms with van der Waals surface area (Å²) in [6.07, 6.45) is 5.79. The Morgan fingerprint density at radius 2 is 1.62 bits per heavy atom. The second-order valence-corrected chi connectivity index (χ2v) is 7.52. The van der Waals surface area contributed by atoms with Gasteiger partial charge in [-0.2, -0.15) is 0 Å². The van der Waals surface area contributed by atoms with E-state index >= 15 is 0 Å². The van der Waals surface area contributed by atoms with Crippen molar-refractivity contribution in [2.75, 3.05) is 11.9 Å². The third-order valence-electron chi connectivity index (χ3n) is 4.44. The van der Waals surface area contributed by atoms with Crippen LogP contribution in [0, 0.1) is 0 Å². The summed E-state index contributed by atoms with van der Waals surface area (Å²) in [4.78, 5) is 23.8. The van der Waals surface area contributed by atoms with Crippen LogP contribution in [0.25, 0.3) is 0 Å². The van der Waals surface area contributed by atoms with Crippen LogP contribution in [-0.4, -0.2) is 24.3 Å². The van der Waals surface area contributed by atoms with Gasteiger partial charge in [-0.15, -0.1) is 0 Å². The molecule has 24 heavy (non-hydrogen) atoms. The molecule has 0 unspecified atom stereocenters. The van der Waals surface area contributed by atoms with Gasteiger partial charge in [0, 0.05) is 0 Å². The lowest BCUT2D eigenvalue weighted by Crippen LogP contribution is -2.28. The van der Waals surface area contributed by atoms with Crippen molar-refractivity contribution in [3.05, 3.63) is 28.3 Å². The third-order valence-corrected chi connectivity index (χ3v) is 4.44. The maximum atomic E-state index is 12.1. The van der Waals surface area contributed by atoms with Crippen LogP contribution in [0.3, 0.4) is 0 Å². The molecule has 0 spiro atoms. The van der Waals surface area contributed by atoms with Gasteiger partial charge in [0.2, 0.25) is 0 Å². The highest BCUT2D eigenvalue weighted by atomic mass is 16.6. The van der Waals surface area contributed by atoms with Crippen LogP contribution >= 0.6 is 0 Å². The first-order valence-corrected chi connectivity index (χ1v) is 8.65. The molecule has 0 fully saturated rings. The first kappa shape index (κ1) is 16.8. The Kier molecular flexibility index (Phi) is 4.52. The monoisotopic (exact) mass is 331 g/mol. The molecule has 2 aliphatic rings. The minimum Gasteiger partial charge on any atom is -0.457 e. The van der Waals surface area contributed by atoms with E-state index in [1.54, 1.807) is 20.8 Å². The van der Waals surface area contributed by atoms with Crippen molar-refractivity contribution in [1.29, 1.82) is 0 Å². The topological polar surface area (TPSA) is 64.6 Å². The molecule has 0 saturated carbocycles. The lowest BCUT2D eigenvalue weighted by molar-refractivity contribution is -0.158. The number of benzene rings is 1. The number of anilines is 1. The average Bonchev–Trinajstić information content (AvgIpc) is 3.11. The van der Waals surface area contributed by atoms with Gasteiger partial charge in [0.1, 0.15) is 5.60 Å². The molecule has 0 aliphatic heterocycles. The van der Waals surface area contributed by atoms with Crippen LogP contribution in [-0.2, 0) is 40.0 Å². The van der Waals surface area contributed by atoms with Crippen LogP contribution in [0.2, 0.25) is 0 Å². The van der Waals surface area contributed by atoms with Gasteiger partial charge in [0.25, 0.3) is 0 Å². The first-order chi connectivity index (χ1) is 11.3. The van der Waals surface area contributed by atoms with Crippen molar-refractivity contribution in [2.45, 2.75) is 64.9 Å². The quantitative estimate of drug-likeness (QED) is 0.860. The van der Waals surface area contributed by atoms with Gasteiger partial charge in [0.15, 0.2) is 6.61 Å². The fraction of sp³-hybridized carbons (Fsp3) is 0.579. The van der Waals surface area contributed by atoms with E-state index in [0.717, 1.165) is 44.2 Å². The molecular weight excluding hydrogens is 306 g/mol. The summed E-state index contributed by atoms with van der Waals surface area (Å²) in [7, 11) is 0. The molecule has 2 aliphatic carbocycles. The van der Waals surface area contributed by atoms with E-state index in [2.05, 4.69) is 11.4 Å². The maximum Gasteiger partial charge on any atom is 0.412 e. The van der Waals surface area contributed by atoms with E-state index in [-0.39, 0.29) is 6.61 Å². The number of carbonyl (C=O) groups is 2. The van der Waals surface area contributed by atoms with E-state index < -0.39 is 17.7 Å². The number of fused-ring (bicyclic) bond motifs is 2. The zero-order valence-electron chi connectivity index (χ0n) is 14.7. The molecule has 0 bridgehead atoms. The van der Waals surface area contributed by atoms with Gasteiger partial charge < -0.3 is 9.47 Å². The Labute approximate surface area is 142 Å². The Bertz CT molecular complexity index is 641. The molecule has 1 aromatic carbocycles. The molecular formula is C19H25NO4. The van der Waals surface area contributed by atoms with Crippen molar-refractivity contribution in [1.82, 2.24) is 0 Å². The van der Waals surface area contributed by atoms with Crippen molar-refractivity contribution in [3.63, 3.8) is 0 Å². The molecule has 0 atom stereocenters. The molecule has 0 saturated heterocycles. The van der Waals surface area contributed by atoms with Gasteiger partial charge in [-0.1, -0.05) is 6.07 Å². The average molecular weight is 331 g/mol. The fourth-order valence-corrected chi connectivity index (χ4v) is 3.60. The van der Waals surface area contributed by atoms with E-state index in [1.807, 2.05) is 0 Å². The van der Waals surface area contributed by atoms with E-state index in [0.29, 0.717) is 0 Å². The van der Waals surface area contributed by atoms with Crippen LogP contribution in [0.4, 0.5) is 10.5 Å². The number of nitrogens with one attached hydrogen (secondary N) is 1. The van der Waals surface area contributed by atoms with Crippen molar-refractivity contribution >= 4 is 17.7 Å². The van der Waals surface area contributed by atoms with Gasteiger partial charge in [-0.05, 0) is 81.5 Å². The Morgan fingerprint density at radius 1 is 1.04 bits per heavy atom. The van der Waals surface area contributed by atoms with Crippen molar-refractivity contribution in [3.8, 4) is 0 Å². The largest absolute Gasteiger partial charge is 0.457 e. The molecule has 130 valence electrons. The highest BCUT2D eigenvalue weighted by molar-refractivity contribution is 5.89. The number of hydrogen-bond acceptors (Lipinski definition) is 4. The van der Waals surface area contributed by atoms with Crippen LogP contribution in [0.1, 0.15) is 55.9 Å². The first-order valence-electron chi connectivity index (χ1n) is 8.65. The summed E-state index contributed by atoms with van der Waals surface area (Å²) >= 11 is 0. The van der Waals surface area contributed by atoms with Crippen molar-refractivity contribution in [2.24, 2.45) is 0 Å². The number of rotatable bonds is 3. The highest BCUT2D eigenvalue weighted by Gasteiger charge is 2.25. The number of ether oxygens (including phenoxy) is 2. The highest BCUT2D eigenvalue weighted by Crippen LogP contribution is 2.38. The second kappa shape index (κ2) is 6.46. The van der Waals surface area contributed by atoms with E-state index in [1.165, 1.54) is 22.3 Å². The van der Waals surface area contributed by atoms with Crippen LogP contribution in [0.5, 0.6) is 0 Å². The predicted octanol–water partition coefficient (Wildman–Crippen LogP) is 3.55. The Morgan fingerprint density at radius 3 is 2.17 bits per heavy atom. The third kappa shape index (κ3) is 3.71. The summed E-state index contributed by atoms with van der Waals surface area (Å²) in [5, 5.41) is 2.89. The molecule has 0 radical (unpaired) electrons. The number of aryl methyl sites for hydroxylation is 2. The number of hydrogen-bond donors (Lipinski definition) is 1. The smallest absolute Gasteiger partial charge is 0.412 e. The maximum absolute atomic E-state index is 12.1. The number of amides is 1. The van der Waals surface area contributed by atoms with Gasteiger partial charge >= 0.3 is 12.1 Å². The predicted molar refractivity (Wildman–Crippen MR) is 91.3 cm³/mol. The zero-order valence-corrected chi connectivity index (χ0v) is 14.7. The summed E-state index contributed by atoms with van der Waals surface area (Å²) in [6, 6.07) is 2.31. The summed E-state index contributed by atoms with van der Waals surface area (Å²) < 4.78 is 10.2. The fourth-order valence-electron chi connectivity index (χ4n) is 3.60. The lowest BCUT2D eigenvalue weighted by atomic mass is 9.99. The standard InChI is InChI=1S/C19H25NO4/c1-19(2,3)24-16(21)11-23-18(22)20-17-14-8-4-6-12(14)10-13-7-5-9-15(13)17/h10H,4-9,11H2,1-3H3,(H,20,22). The summed E-state index contributed by atoms with van der Waals surface area (Å²) in [5.41, 5.74) is 5.51. The van der Waals surface area contributed by atoms with Crippen LogP contribution in [0.15, 0.2) is 6.07 Å². The molecule has 0 aromatic heterocycles. The molecule has 1 amide bonds. The Hall–Kier alpha value is -2.04. The van der Waals surface area contributed by atoms with Gasteiger partial charge in [-0.25, -0.2) is 9.59 Å². The molecule has 0 heterocycles. The molecule has 1 aromatic rings. The van der Waals surface area contributed by atoms with E-state index in [4.69, 9.17) is 9.47 Å². The molecule has 5 heteroatoms.